The average molecular weight is 425 g/mol. The number of aromatic nitrogens is 2. The first-order chi connectivity index (χ1) is 14.6. The summed E-state index contributed by atoms with van der Waals surface area (Å²) in [5.41, 5.74) is 2.29. The van der Waals surface area contributed by atoms with Gasteiger partial charge >= 0.3 is 0 Å². The van der Waals surface area contributed by atoms with Gasteiger partial charge in [-0.1, -0.05) is 23.7 Å². The number of amides is 2. The zero-order valence-electron chi connectivity index (χ0n) is 16.3. The van der Waals surface area contributed by atoms with E-state index in [0.717, 1.165) is 30.5 Å². The molecular formula is C22H21ClN4O3. The van der Waals surface area contributed by atoms with Crippen LogP contribution in [-0.4, -0.2) is 40.6 Å². The van der Waals surface area contributed by atoms with E-state index in [1.165, 1.54) is 0 Å². The van der Waals surface area contributed by atoms with Gasteiger partial charge in [-0.2, -0.15) is 0 Å². The molecule has 1 saturated heterocycles. The van der Waals surface area contributed by atoms with Gasteiger partial charge in [0.15, 0.2) is 0 Å². The molecule has 154 valence electrons. The Labute approximate surface area is 178 Å². The van der Waals surface area contributed by atoms with Crippen LogP contribution in [0.15, 0.2) is 48.5 Å². The second kappa shape index (κ2) is 7.74. The largest absolute Gasteiger partial charge is 0.376 e. The van der Waals surface area contributed by atoms with E-state index in [-0.39, 0.29) is 24.3 Å². The Morgan fingerprint density at radius 1 is 1.20 bits per heavy atom. The molecule has 5 rings (SSSR count). The molecule has 3 heterocycles. The van der Waals surface area contributed by atoms with Gasteiger partial charge in [0, 0.05) is 17.3 Å². The number of nitrogens with zero attached hydrogens (tertiary/aromatic N) is 3. The minimum absolute atomic E-state index is 0.00357. The SMILES string of the molecule is O=C(C[C@@H]1C(=O)N(C[C@@H]2CCCO2)c2nc3ccccc3n21)Nc1ccc(Cl)cc1. The molecule has 2 atom stereocenters. The summed E-state index contributed by atoms with van der Waals surface area (Å²) in [4.78, 5) is 32.4. The van der Waals surface area contributed by atoms with Crippen LogP contribution in [0.5, 0.6) is 0 Å². The first-order valence-electron chi connectivity index (χ1n) is 10.1. The second-order valence-electron chi connectivity index (χ2n) is 7.63. The molecule has 0 bridgehead atoms. The normalized spacial score (nSPS) is 20.7. The molecule has 8 heteroatoms. The summed E-state index contributed by atoms with van der Waals surface area (Å²) < 4.78 is 7.62. The maximum atomic E-state index is 13.3. The van der Waals surface area contributed by atoms with Crippen molar-refractivity contribution in [1.82, 2.24) is 9.55 Å². The van der Waals surface area contributed by atoms with Crippen LogP contribution in [-0.2, 0) is 14.3 Å². The smallest absolute Gasteiger partial charge is 0.253 e. The van der Waals surface area contributed by atoms with Crippen molar-refractivity contribution in [1.29, 1.82) is 0 Å². The highest BCUT2D eigenvalue weighted by atomic mass is 35.5. The molecule has 0 unspecified atom stereocenters. The fourth-order valence-electron chi connectivity index (χ4n) is 4.18. The molecular weight excluding hydrogens is 404 g/mol. The number of hydrogen-bond acceptors (Lipinski definition) is 4. The molecule has 0 saturated carbocycles. The lowest BCUT2D eigenvalue weighted by atomic mass is 10.1. The Morgan fingerprint density at radius 2 is 2.00 bits per heavy atom. The third-order valence-electron chi connectivity index (χ3n) is 5.60. The molecule has 0 radical (unpaired) electrons. The molecule has 0 aliphatic carbocycles. The van der Waals surface area contributed by atoms with Gasteiger partial charge in [-0.05, 0) is 49.2 Å². The zero-order chi connectivity index (χ0) is 20.7. The first-order valence-corrected chi connectivity index (χ1v) is 10.4. The summed E-state index contributed by atoms with van der Waals surface area (Å²) in [6.45, 7) is 1.17. The van der Waals surface area contributed by atoms with E-state index in [0.29, 0.717) is 23.2 Å². The predicted molar refractivity (Wildman–Crippen MR) is 115 cm³/mol. The average Bonchev–Trinajstić information content (AvgIpc) is 3.44. The van der Waals surface area contributed by atoms with E-state index in [9.17, 15) is 9.59 Å². The molecule has 30 heavy (non-hydrogen) atoms. The maximum absolute atomic E-state index is 13.3. The molecule has 1 N–H and O–H groups in total. The second-order valence-corrected chi connectivity index (χ2v) is 8.07. The lowest BCUT2D eigenvalue weighted by Crippen LogP contribution is -2.37. The molecule has 2 aliphatic heterocycles. The first kappa shape index (κ1) is 19.1. The van der Waals surface area contributed by atoms with Gasteiger partial charge < -0.3 is 10.1 Å². The van der Waals surface area contributed by atoms with E-state index >= 15 is 0 Å². The van der Waals surface area contributed by atoms with E-state index in [4.69, 9.17) is 16.3 Å². The third kappa shape index (κ3) is 3.44. The topological polar surface area (TPSA) is 76.5 Å². The summed E-state index contributed by atoms with van der Waals surface area (Å²) in [7, 11) is 0. The Hall–Kier alpha value is -2.90. The van der Waals surface area contributed by atoms with Crippen LogP contribution >= 0.6 is 11.6 Å². The summed E-state index contributed by atoms with van der Waals surface area (Å²) in [5, 5.41) is 3.44. The lowest BCUT2D eigenvalue weighted by Gasteiger charge is -2.19. The van der Waals surface area contributed by atoms with E-state index in [2.05, 4.69) is 10.3 Å². The number of halogens is 1. The Morgan fingerprint density at radius 3 is 2.77 bits per heavy atom. The Kier molecular flexibility index (Phi) is 4.92. The number of ether oxygens (including phenoxy) is 1. The van der Waals surface area contributed by atoms with Crippen molar-refractivity contribution in [2.75, 3.05) is 23.4 Å². The molecule has 1 aromatic heterocycles. The minimum Gasteiger partial charge on any atom is -0.376 e. The van der Waals surface area contributed by atoms with Crippen molar-refractivity contribution >= 4 is 46.1 Å². The van der Waals surface area contributed by atoms with E-state index < -0.39 is 6.04 Å². The fraction of sp³-hybridized carbons (Fsp3) is 0.318. The van der Waals surface area contributed by atoms with Crippen molar-refractivity contribution in [3.63, 3.8) is 0 Å². The highest BCUT2D eigenvalue weighted by Crippen LogP contribution is 2.37. The van der Waals surface area contributed by atoms with E-state index in [1.54, 1.807) is 29.2 Å². The molecule has 2 amide bonds. The molecule has 2 aliphatic rings. The molecule has 0 spiro atoms. The third-order valence-corrected chi connectivity index (χ3v) is 5.85. The molecule has 2 aromatic carbocycles. The number of anilines is 2. The number of imidazole rings is 1. The Balaban J connectivity index is 1.43. The van der Waals surface area contributed by atoms with Crippen molar-refractivity contribution in [2.24, 2.45) is 0 Å². The lowest BCUT2D eigenvalue weighted by molar-refractivity contribution is -0.124. The van der Waals surface area contributed by atoms with Crippen LogP contribution in [0.1, 0.15) is 25.3 Å². The summed E-state index contributed by atoms with van der Waals surface area (Å²) in [6.07, 6.45) is 1.95. The van der Waals surface area contributed by atoms with Crippen LogP contribution in [0.4, 0.5) is 11.6 Å². The van der Waals surface area contributed by atoms with Gasteiger partial charge in [-0.3, -0.25) is 19.1 Å². The summed E-state index contributed by atoms with van der Waals surface area (Å²) in [5.74, 6) is 0.226. The monoisotopic (exact) mass is 424 g/mol. The molecule has 3 aromatic rings. The minimum atomic E-state index is -0.638. The van der Waals surface area contributed by atoms with Gasteiger partial charge in [0.1, 0.15) is 6.04 Å². The van der Waals surface area contributed by atoms with Crippen molar-refractivity contribution in [3.05, 3.63) is 53.6 Å². The molecule has 1 fully saturated rings. The Bertz CT molecular complexity index is 1110. The zero-order valence-corrected chi connectivity index (χ0v) is 17.0. The number of fused-ring (bicyclic) bond motifs is 3. The van der Waals surface area contributed by atoms with Gasteiger partial charge in [-0.25, -0.2) is 4.98 Å². The molecule has 7 nitrogen and oxygen atoms in total. The summed E-state index contributed by atoms with van der Waals surface area (Å²) >= 11 is 5.91. The van der Waals surface area contributed by atoms with Gasteiger partial charge in [0.05, 0.1) is 30.1 Å². The van der Waals surface area contributed by atoms with Crippen LogP contribution in [0.2, 0.25) is 5.02 Å². The predicted octanol–water partition coefficient (Wildman–Crippen LogP) is 3.79. The number of carbonyl (C=O) groups excluding carboxylic acids is 2. The number of nitrogens with one attached hydrogen (secondary N) is 1. The maximum Gasteiger partial charge on any atom is 0.253 e. The fourth-order valence-corrected chi connectivity index (χ4v) is 4.31. The van der Waals surface area contributed by atoms with Crippen molar-refractivity contribution in [2.45, 2.75) is 31.4 Å². The quantitative estimate of drug-likeness (QED) is 0.676. The number of para-hydroxylation sites is 2. The number of hydrogen-bond donors (Lipinski definition) is 1. The van der Waals surface area contributed by atoms with E-state index in [1.807, 2.05) is 28.8 Å². The van der Waals surface area contributed by atoms with Crippen molar-refractivity contribution in [3.8, 4) is 0 Å². The number of rotatable bonds is 5. The standard InChI is InChI=1S/C22H21ClN4O3/c23-14-7-9-15(10-8-14)24-20(28)12-19-21(29)26(13-16-4-3-11-30-16)22-25-17-5-1-2-6-18(17)27(19)22/h1-2,5-10,16,19H,3-4,11-13H2,(H,24,28)/t16-,19+/m0/s1. The van der Waals surface area contributed by atoms with Crippen LogP contribution < -0.4 is 10.2 Å². The highest BCUT2D eigenvalue weighted by Gasteiger charge is 2.42. The van der Waals surface area contributed by atoms with Crippen molar-refractivity contribution < 1.29 is 14.3 Å². The van der Waals surface area contributed by atoms with Crippen LogP contribution in [0, 0.1) is 0 Å². The van der Waals surface area contributed by atoms with Gasteiger partial charge in [0.25, 0.3) is 5.91 Å². The summed E-state index contributed by atoms with van der Waals surface area (Å²) in [6, 6.07) is 13.9. The van der Waals surface area contributed by atoms with Crippen LogP contribution in [0.25, 0.3) is 11.0 Å². The highest BCUT2D eigenvalue weighted by molar-refractivity contribution is 6.30. The van der Waals surface area contributed by atoms with Gasteiger partial charge in [-0.15, -0.1) is 0 Å². The van der Waals surface area contributed by atoms with Gasteiger partial charge in [0.2, 0.25) is 11.9 Å². The number of carbonyl (C=O) groups is 2. The van der Waals surface area contributed by atoms with Crippen LogP contribution in [0.3, 0.4) is 0 Å². The number of benzene rings is 2.